The zero-order valence-electron chi connectivity index (χ0n) is 26.3. The molecule has 2 amide bonds. The summed E-state index contributed by atoms with van der Waals surface area (Å²) < 4.78 is 45.1. The lowest BCUT2D eigenvalue weighted by Crippen LogP contribution is -2.49. The van der Waals surface area contributed by atoms with Gasteiger partial charge < -0.3 is 25.6 Å². The van der Waals surface area contributed by atoms with Crippen molar-refractivity contribution < 1.29 is 33.0 Å². The Morgan fingerprint density at radius 2 is 2.06 bits per heavy atom. The second kappa shape index (κ2) is 10.7. The van der Waals surface area contributed by atoms with Gasteiger partial charge in [0.15, 0.2) is 5.60 Å². The molecule has 2 aromatic carbocycles. The lowest BCUT2D eigenvalue weighted by atomic mass is 9.79. The van der Waals surface area contributed by atoms with Crippen molar-refractivity contribution in [2.75, 3.05) is 20.3 Å². The first kappa shape index (κ1) is 30.7. The molecule has 248 valence electrons. The third-order valence-electron chi connectivity index (χ3n) is 9.88. The minimum Gasteiger partial charge on any atom is -0.494 e. The average molecular weight is 674 g/mol. The number of nitrogens with zero attached hydrogens (tertiary/aromatic N) is 3. The van der Waals surface area contributed by atoms with Gasteiger partial charge in [-0.3, -0.25) is 14.3 Å². The first-order chi connectivity index (χ1) is 22.9. The fourth-order valence-electron chi connectivity index (χ4n) is 6.81. The number of carbonyl (C=O) groups is 2. The molecule has 2 atom stereocenters. The van der Waals surface area contributed by atoms with E-state index in [2.05, 4.69) is 10.4 Å². The van der Waals surface area contributed by atoms with Crippen LogP contribution >= 0.6 is 11.3 Å². The molecule has 3 aliphatic rings. The summed E-state index contributed by atoms with van der Waals surface area (Å²) in [6.45, 7) is 1.40. The summed E-state index contributed by atoms with van der Waals surface area (Å²) in [6.07, 6.45) is 3.99. The standard InChI is InChI=1S/C35H33F2N5O5S/c1-33(13-27(38)43)17-47-30-23(33)12-26(40-29(30)22-15-48-31-21(22)4-3-5-24(31)36)35(45,34(37)8-9-34)16-39-32(44)18-10-19-14-42(20-6-7-20)41-28(19)25(11-18)46-2/h3-5,10-12,14-15,20,45H,6-9,13,16-17H2,1-2H3,(H2,38,43)(H,39,44)/t33-,35-/m0/s1. The first-order valence-electron chi connectivity index (χ1n) is 15.8. The number of nitrogens with two attached hydrogens (primary N) is 1. The Hall–Kier alpha value is -4.62. The van der Waals surface area contributed by atoms with Crippen molar-refractivity contribution in [2.45, 2.75) is 61.8 Å². The fourth-order valence-corrected chi connectivity index (χ4v) is 7.77. The normalized spacial score (nSPS) is 20.7. The SMILES string of the molecule is COc1cc(C(=O)NC[C@](O)(c2cc3c(c(-c4csc5c(F)cccc45)n2)OC[C@]3(C)CC(N)=O)C2(F)CC2)cc2cn(C3CC3)nc12. The number of nitrogens with one attached hydrogen (secondary N) is 1. The maximum absolute atomic E-state index is 16.4. The van der Waals surface area contributed by atoms with Gasteiger partial charge in [0, 0.05) is 50.9 Å². The van der Waals surface area contributed by atoms with Crippen LogP contribution in [0.5, 0.6) is 11.5 Å². The number of aliphatic hydroxyl groups is 1. The van der Waals surface area contributed by atoms with Crippen LogP contribution in [0.15, 0.2) is 48.0 Å². The summed E-state index contributed by atoms with van der Waals surface area (Å²) in [5, 5.41) is 22.7. The molecule has 2 fully saturated rings. The Morgan fingerprint density at radius 3 is 2.77 bits per heavy atom. The molecule has 3 aromatic heterocycles. The maximum Gasteiger partial charge on any atom is 0.251 e. The van der Waals surface area contributed by atoms with Crippen molar-refractivity contribution in [3.63, 3.8) is 0 Å². The quantitative estimate of drug-likeness (QED) is 0.179. The van der Waals surface area contributed by atoms with Gasteiger partial charge in [-0.25, -0.2) is 13.8 Å². The molecule has 0 radical (unpaired) electrons. The lowest BCUT2D eigenvalue weighted by molar-refractivity contribution is -0.119. The van der Waals surface area contributed by atoms with Crippen LogP contribution in [0.25, 0.3) is 32.2 Å². The molecule has 48 heavy (non-hydrogen) atoms. The Kier molecular flexibility index (Phi) is 6.84. The molecule has 13 heteroatoms. The molecular formula is C35H33F2N5O5S. The zero-order valence-corrected chi connectivity index (χ0v) is 27.1. The molecule has 10 nitrogen and oxygen atoms in total. The van der Waals surface area contributed by atoms with Crippen molar-refractivity contribution in [1.29, 1.82) is 0 Å². The number of benzene rings is 2. The number of ether oxygens (including phenoxy) is 2. The van der Waals surface area contributed by atoms with Crippen molar-refractivity contribution in [2.24, 2.45) is 5.73 Å². The fraction of sp³-hybridized carbons (Fsp3) is 0.371. The molecule has 4 N–H and O–H groups in total. The highest BCUT2D eigenvalue weighted by Gasteiger charge is 2.62. The topological polar surface area (TPSA) is 142 Å². The van der Waals surface area contributed by atoms with Crippen LogP contribution in [0.1, 0.15) is 66.7 Å². The number of carbonyl (C=O) groups excluding carboxylic acids is 2. The molecule has 0 saturated heterocycles. The highest BCUT2D eigenvalue weighted by molar-refractivity contribution is 7.17. The van der Waals surface area contributed by atoms with E-state index in [-0.39, 0.29) is 42.8 Å². The van der Waals surface area contributed by atoms with Crippen molar-refractivity contribution in [1.82, 2.24) is 20.1 Å². The number of methoxy groups -OCH3 is 1. The molecule has 4 heterocycles. The number of pyridine rings is 1. The van der Waals surface area contributed by atoms with Crippen molar-refractivity contribution in [3.05, 3.63) is 70.6 Å². The summed E-state index contributed by atoms with van der Waals surface area (Å²) in [7, 11) is 1.50. The van der Waals surface area contributed by atoms with Gasteiger partial charge in [-0.05, 0) is 49.9 Å². The van der Waals surface area contributed by atoms with E-state index in [4.69, 9.17) is 20.2 Å². The molecule has 0 bridgehead atoms. The number of aromatic nitrogens is 3. The van der Waals surface area contributed by atoms with E-state index in [1.54, 1.807) is 42.6 Å². The van der Waals surface area contributed by atoms with Gasteiger partial charge in [0.25, 0.3) is 5.91 Å². The Balaban J connectivity index is 1.21. The lowest BCUT2D eigenvalue weighted by Gasteiger charge is -2.33. The smallest absolute Gasteiger partial charge is 0.251 e. The second-order valence-corrected chi connectivity index (χ2v) is 14.3. The second-order valence-electron chi connectivity index (χ2n) is 13.5. The van der Waals surface area contributed by atoms with E-state index in [1.807, 2.05) is 10.9 Å². The highest BCUT2D eigenvalue weighted by atomic mass is 32.1. The van der Waals surface area contributed by atoms with E-state index in [1.165, 1.54) is 24.5 Å². The van der Waals surface area contributed by atoms with Gasteiger partial charge in [0.2, 0.25) is 5.91 Å². The van der Waals surface area contributed by atoms with E-state index < -0.39 is 40.9 Å². The van der Waals surface area contributed by atoms with Gasteiger partial charge in [-0.15, -0.1) is 11.3 Å². The number of halogens is 2. The summed E-state index contributed by atoms with van der Waals surface area (Å²) in [6, 6.07) is 9.86. The van der Waals surface area contributed by atoms with Gasteiger partial charge in [-0.2, -0.15) is 5.10 Å². The molecule has 2 aliphatic carbocycles. The molecule has 1 aliphatic heterocycles. The van der Waals surface area contributed by atoms with Crippen LogP contribution in [-0.2, 0) is 15.8 Å². The maximum atomic E-state index is 16.4. The van der Waals surface area contributed by atoms with Gasteiger partial charge >= 0.3 is 0 Å². The number of primary amides is 1. The monoisotopic (exact) mass is 673 g/mol. The molecular weight excluding hydrogens is 640 g/mol. The molecule has 2 saturated carbocycles. The number of rotatable bonds is 10. The summed E-state index contributed by atoms with van der Waals surface area (Å²) >= 11 is 1.19. The number of alkyl halides is 1. The largest absolute Gasteiger partial charge is 0.494 e. The Morgan fingerprint density at radius 1 is 1.27 bits per heavy atom. The number of thiophene rings is 1. The van der Waals surface area contributed by atoms with E-state index in [0.717, 1.165) is 18.2 Å². The van der Waals surface area contributed by atoms with E-state index in [0.29, 0.717) is 44.3 Å². The van der Waals surface area contributed by atoms with E-state index >= 15 is 4.39 Å². The predicted molar refractivity (Wildman–Crippen MR) is 176 cm³/mol. The first-order valence-corrected chi connectivity index (χ1v) is 16.7. The third kappa shape index (κ3) is 4.81. The summed E-state index contributed by atoms with van der Waals surface area (Å²) in [5.41, 5.74) is 2.58. The van der Waals surface area contributed by atoms with Crippen LogP contribution in [-0.4, -0.2) is 57.6 Å². The highest BCUT2D eigenvalue weighted by Crippen LogP contribution is 2.55. The van der Waals surface area contributed by atoms with Crippen LogP contribution in [0.4, 0.5) is 8.78 Å². The molecule has 5 aromatic rings. The van der Waals surface area contributed by atoms with Gasteiger partial charge in [-0.1, -0.05) is 19.1 Å². The van der Waals surface area contributed by atoms with Crippen LogP contribution in [0, 0.1) is 5.82 Å². The average Bonchev–Trinajstić information content (AvgIpc) is 3.93. The molecule has 0 unspecified atom stereocenters. The van der Waals surface area contributed by atoms with Crippen LogP contribution in [0.3, 0.4) is 0 Å². The number of fused-ring (bicyclic) bond motifs is 3. The Bertz CT molecular complexity index is 2160. The Labute approximate surface area is 277 Å². The third-order valence-corrected chi connectivity index (χ3v) is 10.9. The van der Waals surface area contributed by atoms with Gasteiger partial charge in [0.05, 0.1) is 36.7 Å². The predicted octanol–water partition coefficient (Wildman–Crippen LogP) is 5.44. The summed E-state index contributed by atoms with van der Waals surface area (Å²) in [5.74, 6) is -0.716. The number of hydrogen-bond donors (Lipinski definition) is 3. The number of hydrogen-bond acceptors (Lipinski definition) is 8. The minimum absolute atomic E-state index is 0.0350. The minimum atomic E-state index is -2.26. The van der Waals surface area contributed by atoms with Crippen LogP contribution < -0.4 is 20.5 Å². The zero-order chi connectivity index (χ0) is 33.6. The van der Waals surface area contributed by atoms with Crippen molar-refractivity contribution >= 4 is 44.1 Å². The molecule has 0 spiro atoms. The van der Waals surface area contributed by atoms with E-state index in [9.17, 15) is 19.1 Å². The van der Waals surface area contributed by atoms with Gasteiger partial charge in [0.1, 0.15) is 34.2 Å². The number of amides is 2. The molecule has 8 rings (SSSR count). The van der Waals surface area contributed by atoms with Crippen molar-refractivity contribution in [3.8, 4) is 22.8 Å². The van der Waals surface area contributed by atoms with Crippen LogP contribution in [0.2, 0.25) is 0 Å². The summed E-state index contributed by atoms with van der Waals surface area (Å²) in [4.78, 5) is 30.6.